The molecule has 7 aromatic heterocycles. The van der Waals surface area contributed by atoms with E-state index in [-0.39, 0.29) is 0 Å². The number of ether oxygens (including phenoxy) is 3. The molecule has 0 aliphatic carbocycles. The summed E-state index contributed by atoms with van der Waals surface area (Å²) in [6, 6.07) is 40.6. The highest BCUT2D eigenvalue weighted by Crippen LogP contribution is 2.48. The van der Waals surface area contributed by atoms with Gasteiger partial charge in [-0.25, -0.2) is 24.9 Å². The van der Waals surface area contributed by atoms with Crippen LogP contribution < -0.4 is 15.4 Å². The number of fused-ring (bicyclic) bond motifs is 2. The molecule has 0 saturated heterocycles. The normalized spacial score (nSPS) is 11.1. The number of rotatable bonds is 15. The molecule has 0 spiro atoms. The first-order chi connectivity index (χ1) is 32.5. The minimum Gasteiger partial charge on any atom is -0.497 e. The Labute approximate surface area is 390 Å². The van der Waals surface area contributed by atoms with Crippen molar-refractivity contribution < 1.29 is 14.2 Å². The smallest absolute Gasteiger partial charge is 0.199 e. The minimum atomic E-state index is 0.568. The van der Waals surface area contributed by atoms with Crippen LogP contribution in [-0.2, 0) is 16.5 Å². The number of aromatic nitrogens is 8. The van der Waals surface area contributed by atoms with Gasteiger partial charge in [-0.1, -0.05) is 72.8 Å². The molecular formula is C51H46N10O3S2. The number of hydrogen-bond donors (Lipinski definition) is 2. The SMILES string of the molecule is COCCNc1nc(-c2ccccn2)nc2sc(-c3ccccc3)c(-c3ccccn3)c12.COCCNc1nc(-c2nccn2C)nc2sc(-c3ccc(OC)cc3)c(-c3ccccc3)c12. The number of methoxy groups -OCH3 is 3. The van der Waals surface area contributed by atoms with E-state index in [1.54, 1.807) is 56.4 Å². The number of nitrogens with zero attached hydrogens (tertiary/aromatic N) is 8. The molecule has 0 atom stereocenters. The lowest BCUT2D eigenvalue weighted by molar-refractivity contribution is 0.210. The molecule has 13 nitrogen and oxygen atoms in total. The van der Waals surface area contributed by atoms with E-state index < -0.39 is 0 Å². The predicted octanol–water partition coefficient (Wildman–Crippen LogP) is 11.0. The summed E-state index contributed by atoms with van der Waals surface area (Å²) in [5, 5.41) is 8.88. The Morgan fingerprint density at radius 3 is 1.61 bits per heavy atom. The van der Waals surface area contributed by atoms with E-state index in [4.69, 9.17) is 34.1 Å². The molecule has 10 aromatic rings. The fourth-order valence-electron chi connectivity index (χ4n) is 7.46. The van der Waals surface area contributed by atoms with Crippen LogP contribution in [0.2, 0.25) is 0 Å². The number of benzene rings is 3. The zero-order valence-corrected chi connectivity index (χ0v) is 38.4. The van der Waals surface area contributed by atoms with Crippen molar-refractivity contribution in [1.29, 1.82) is 0 Å². The van der Waals surface area contributed by atoms with Gasteiger partial charge in [-0.3, -0.25) is 9.97 Å². The second-order valence-corrected chi connectivity index (χ2v) is 16.9. The first kappa shape index (κ1) is 43.8. The van der Waals surface area contributed by atoms with Gasteiger partial charge in [-0.15, -0.1) is 22.7 Å². The predicted molar refractivity (Wildman–Crippen MR) is 267 cm³/mol. The van der Waals surface area contributed by atoms with Crippen LogP contribution in [0.15, 0.2) is 146 Å². The molecular weight excluding hydrogens is 865 g/mol. The number of pyridine rings is 2. The van der Waals surface area contributed by atoms with Crippen LogP contribution in [0.25, 0.3) is 86.9 Å². The summed E-state index contributed by atoms with van der Waals surface area (Å²) >= 11 is 3.30. The van der Waals surface area contributed by atoms with Gasteiger partial charge in [0.25, 0.3) is 0 Å². The van der Waals surface area contributed by atoms with E-state index in [1.165, 1.54) is 0 Å². The average molecular weight is 911 g/mol. The summed E-state index contributed by atoms with van der Waals surface area (Å²) in [7, 11) is 7.00. The van der Waals surface area contributed by atoms with Gasteiger partial charge in [0.1, 0.15) is 32.7 Å². The highest BCUT2D eigenvalue weighted by Gasteiger charge is 2.25. The molecule has 0 aliphatic heterocycles. The Balaban J connectivity index is 0.000000166. The molecule has 10 rings (SSSR count). The maximum absolute atomic E-state index is 5.37. The summed E-state index contributed by atoms with van der Waals surface area (Å²) in [5.41, 5.74) is 7.10. The molecule has 3 aromatic carbocycles. The van der Waals surface area contributed by atoms with Crippen LogP contribution >= 0.6 is 22.7 Å². The highest BCUT2D eigenvalue weighted by molar-refractivity contribution is 7.23. The monoisotopic (exact) mass is 910 g/mol. The maximum Gasteiger partial charge on any atom is 0.199 e. The van der Waals surface area contributed by atoms with Gasteiger partial charge in [-0.2, -0.15) is 0 Å². The van der Waals surface area contributed by atoms with E-state index >= 15 is 0 Å². The quantitative estimate of drug-likeness (QED) is 0.0944. The lowest BCUT2D eigenvalue weighted by Gasteiger charge is -2.11. The van der Waals surface area contributed by atoms with Gasteiger partial charge in [0, 0.05) is 80.0 Å². The fourth-order valence-corrected chi connectivity index (χ4v) is 9.86. The number of anilines is 2. The third kappa shape index (κ3) is 9.37. The molecule has 15 heteroatoms. The van der Waals surface area contributed by atoms with E-state index in [2.05, 4.69) is 74.1 Å². The van der Waals surface area contributed by atoms with Crippen LogP contribution in [-0.4, -0.2) is 87.1 Å². The summed E-state index contributed by atoms with van der Waals surface area (Å²) in [6.07, 6.45) is 7.22. The second kappa shape index (κ2) is 20.6. The lowest BCUT2D eigenvalue weighted by atomic mass is 9.99. The Hall–Kier alpha value is -7.43. The van der Waals surface area contributed by atoms with Crippen molar-refractivity contribution in [3.8, 4) is 72.2 Å². The van der Waals surface area contributed by atoms with Crippen LogP contribution in [0.3, 0.4) is 0 Å². The van der Waals surface area contributed by atoms with Crippen molar-refractivity contribution in [3.63, 3.8) is 0 Å². The van der Waals surface area contributed by atoms with Gasteiger partial charge in [0.15, 0.2) is 17.5 Å². The van der Waals surface area contributed by atoms with Crippen LogP contribution in [0.4, 0.5) is 11.6 Å². The molecule has 330 valence electrons. The van der Waals surface area contributed by atoms with Gasteiger partial charge < -0.3 is 29.4 Å². The molecule has 7 heterocycles. The zero-order chi connectivity index (χ0) is 45.2. The van der Waals surface area contributed by atoms with Crippen molar-refractivity contribution in [3.05, 3.63) is 146 Å². The average Bonchev–Trinajstić information content (AvgIpc) is 4.11. The van der Waals surface area contributed by atoms with Gasteiger partial charge in [0.2, 0.25) is 0 Å². The third-order valence-corrected chi connectivity index (χ3v) is 12.9. The standard InChI is InChI=1S/C26H25N5O2S.C25H21N5OS/c1-31-15-13-28-25(31)24-29-23(27-14-16-32-2)21-20(17-7-5-4-6-8-17)22(34-26(21)30-24)18-9-11-19(33-3)12-10-18;1-31-16-15-28-24-21-20(18-11-5-7-13-26-18)22(17-9-3-2-4-10-17)32-25(21)30-23(29-24)19-12-6-8-14-27-19/h4-13,15H,14,16H2,1-3H3,(H,27,29,30);2-14H,15-16H2,1H3,(H,28,29,30). The van der Waals surface area contributed by atoms with E-state index in [1.807, 2.05) is 96.8 Å². The Morgan fingerprint density at radius 2 is 1.05 bits per heavy atom. The van der Waals surface area contributed by atoms with Crippen molar-refractivity contribution in [2.45, 2.75) is 0 Å². The first-order valence-corrected chi connectivity index (χ1v) is 22.9. The van der Waals surface area contributed by atoms with Crippen molar-refractivity contribution >= 4 is 54.7 Å². The number of nitrogens with one attached hydrogen (secondary N) is 2. The van der Waals surface area contributed by atoms with Crippen LogP contribution in [0.5, 0.6) is 5.75 Å². The van der Waals surface area contributed by atoms with Crippen LogP contribution in [0.1, 0.15) is 0 Å². The van der Waals surface area contributed by atoms with Crippen molar-refractivity contribution in [2.75, 3.05) is 58.3 Å². The molecule has 0 fully saturated rings. The molecule has 0 unspecified atom stereocenters. The van der Waals surface area contributed by atoms with Gasteiger partial charge in [0.05, 0.1) is 36.8 Å². The molecule has 0 saturated carbocycles. The molecule has 66 heavy (non-hydrogen) atoms. The van der Waals surface area contributed by atoms with E-state index in [0.29, 0.717) is 38.0 Å². The largest absolute Gasteiger partial charge is 0.497 e. The molecule has 0 amide bonds. The molecule has 0 radical (unpaired) electrons. The Kier molecular flexibility index (Phi) is 13.7. The molecule has 0 bridgehead atoms. The third-order valence-electron chi connectivity index (χ3n) is 10.6. The number of aryl methyl sites for hydroxylation is 1. The number of thiophene rings is 2. The molecule has 0 aliphatic rings. The second-order valence-electron chi connectivity index (χ2n) is 14.9. The van der Waals surface area contributed by atoms with Gasteiger partial charge in [-0.05, 0) is 65.2 Å². The number of imidazole rings is 1. The van der Waals surface area contributed by atoms with E-state index in [9.17, 15) is 0 Å². The van der Waals surface area contributed by atoms with E-state index in [0.717, 1.165) is 92.6 Å². The Morgan fingerprint density at radius 1 is 0.515 bits per heavy atom. The summed E-state index contributed by atoms with van der Waals surface area (Å²) in [5.74, 6) is 4.25. The number of hydrogen-bond acceptors (Lipinski definition) is 14. The Bertz CT molecular complexity index is 3170. The first-order valence-electron chi connectivity index (χ1n) is 21.2. The van der Waals surface area contributed by atoms with Crippen LogP contribution in [0, 0.1) is 0 Å². The maximum atomic E-state index is 5.37. The zero-order valence-electron chi connectivity index (χ0n) is 36.8. The molecule has 2 N–H and O–H groups in total. The van der Waals surface area contributed by atoms with Crippen molar-refractivity contribution in [1.82, 2.24) is 39.5 Å². The lowest BCUT2D eigenvalue weighted by Crippen LogP contribution is -2.10. The highest BCUT2D eigenvalue weighted by atomic mass is 32.1. The van der Waals surface area contributed by atoms with Gasteiger partial charge >= 0.3 is 0 Å². The topological polar surface area (TPSA) is 147 Å². The summed E-state index contributed by atoms with van der Waals surface area (Å²) < 4.78 is 17.8. The fraction of sp³-hybridized carbons (Fsp3) is 0.157. The van der Waals surface area contributed by atoms with Crippen molar-refractivity contribution in [2.24, 2.45) is 7.05 Å². The minimum absolute atomic E-state index is 0.568. The summed E-state index contributed by atoms with van der Waals surface area (Å²) in [4.78, 5) is 37.3. The summed E-state index contributed by atoms with van der Waals surface area (Å²) in [6.45, 7) is 2.39.